The molecule has 0 saturated heterocycles. The summed E-state index contributed by atoms with van der Waals surface area (Å²) in [5.74, 6) is 0. The van der Waals surface area contributed by atoms with Crippen LogP contribution in [0.1, 0.15) is 45.1 Å². The average molecular weight is 238 g/mol. The Bertz CT molecular complexity index is 358. The molecule has 16 heavy (non-hydrogen) atoms. The molecule has 1 nitrogen and oxygen atoms in total. The lowest BCUT2D eigenvalue weighted by atomic mass is 10.0. The van der Waals surface area contributed by atoms with E-state index in [0.717, 1.165) is 5.02 Å². The lowest BCUT2D eigenvalue weighted by molar-refractivity contribution is 0.418. The summed E-state index contributed by atoms with van der Waals surface area (Å²) >= 11 is 6.05. The van der Waals surface area contributed by atoms with Gasteiger partial charge in [0.15, 0.2) is 0 Å². The van der Waals surface area contributed by atoms with Crippen molar-refractivity contribution in [2.75, 3.05) is 0 Å². The van der Waals surface area contributed by atoms with Crippen LogP contribution in [0.2, 0.25) is 5.02 Å². The number of rotatable bonds is 5. The summed E-state index contributed by atoms with van der Waals surface area (Å²) in [4.78, 5) is 0. The number of halogens is 1. The highest BCUT2D eigenvalue weighted by Crippen LogP contribution is 2.46. The molecule has 0 heterocycles. The van der Waals surface area contributed by atoms with Gasteiger partial charge in [0.25, 0.3) is 0 Å². The fraction of sp³-hybridized carbons (Fsp3) is 0.571. The van der Waals surface area contributed by atoms with Gasteiger partial charge in [-0.1, -0.05) is 37.1 Å². The van der Waals surface area contributed by atoms with Crippen molar-refractivity contribution in [1.29, 1.82) is 0 Å². The van der Waals surface area contributed by atoms with Crippen molar-refractivity contribution in [3.63, 3.8) is 0 Å². The van der Waals surface area contributed by atoms with Crippen LogP contribution >= 0.6 is 11.6 Å². The lowest BCUT2D eigenvalue weighted by Crippen LogP contribution is -2.36. The largest absolute Gasteiger partial charge is 0.305 e. The zero-order chi connectivity index (χ0) is 11.6. The quantitative estimate of drug-likeness (QED) is 0.813. The minimum Gasteiger partial charge on any atom is -0.305 e. The Morgan fingerprint density at radius 2 is 2.19 bits per heavy atom. The molecule has 0 aromatic heterocycles. The highest BCUT2D eigenvalue weighted by molar-refractivity contribution is 6.30. The fourth-order valence-electron chi connectivity index (χ4n) is 2.40. The normalized spacial score (nSPS) is 19.4. The molecule has 0 amide bonds. The van der Waals surface area contributed by atoms with Crippen molar-refractivity contribution in [2.24, 2.45) is 0 Å². The molecule has 1 aromatic rings. The van der Waals surface area contributed by atoms with Gasteiger partial charge >= 0.3 is 0 Å². The summed E-state index contributed by atoms with van der Waals surface area (Å²) in [6.07, 6.45) is 4.95. The summed E-state index contributed by atoms with van der Waals surface area (Å²) in [5, 5.41) is 4.59. The van der Waals surface area contributed by atoms with Crippen LogP contribution in [-0.4, -0.2) is 6.04 Å². The maximum absolute atomic E-state index is 6.05. The number of benzene rings is 1. The van der Waals surface area contributed by atoms with E-state index in [1.807, 2.05) is 12.1 Å². The second kappa shape index (κ2) is 4.77. The molecule has 0 bridgehead atoms. The van der Waals surface area contributed by atoms with E-state index in [9.17, 15) is 0 Å². The van der Waals surface area contributed by atoms with Crippen LogP contribution in [0, 0.1) is 0 Å². The van der Waals surface area contributed by atoms with Gasteiger partial charge in [0.05, 0.1) is 0 Å². The molecule has 1 saturated carbocycles. The summed E-state index contributed by atoms with van der Waals surface area (Å²) in [6, 6.07) is 8.86. The van der Waals surface area contributed by atoms with Crippen molar-refractivity contribution in [3.05, 3.63) is 34.9 Å². The topological polar surface area (TPSA) is 12.0 Å². The van der Waals surface area contributed by atoms with Crippen molar-refractivity contribution >= 4 is 11.6 Å². The van der Waals surface area contributed by atoms with E-state index in [1.54, 1.807) is 0 Å². The standard InChI is InChI=1S/C14H20ClN/c1-3-5-11(2)16-14(8-9-14)12-6-4-7-13(15)10-12/h4,6-7,10-11,16H,3,5,8-9H2,1-2H3. The van der Waals surface area contributed by atoms with Crippen molar-refractivity contribution in [3.8, 4) is 0 Å². The van der Waals surface area contributed by atoms with Gasteiger partial charge in [-0.3, -0.25) is 0 Å². The van der Waals surface area contributed by atoms with Crippen LogP contribution in [0.3, 0.4) is 0 Å². The Morgan fingerprint density at radius 3 is 2.75 bits per heavy atom. The van der Waals surface area contributed by atoms with E-state index in [4.69, 9.17) is 11.6 Å². The van der Waals surface area contributed by atoms with Crippen LogP contribution in [-0.2, 0) is 5.54 Å². The molecule has 2 rings (SSSR count). The Labute approximate surface area is 103 Å². The van der Waals surface area contributed by atoms with Gasteiger partial charge in [0.1, 0.15) is 0 Å². The Hall–Kier alpha value is -0.530. The van der Waals surface area contributed by atoms with E-state index < -0.39 is 0 Å². The van der Waals surface area contributed by atoms with Crippen LogP contribution in [0.15, 0.2) is 24.3 Å². The molecule has 1 unspecified atom stereocenters. The van der Waals surface area contributed by atoms with Gasteiger partial charge in [-0.2, -0.15) is 0 Å². The van der Waals surface area contributed by atoms with Gasteiger partial charge in [-0.25, -0.2) is 0 Å². The first-order chi connectivity index (χ1) is 7.66. The molecule has 2 heteroatoms. The molecule has 1 N–H and O–H groups in total. The molecule has 1 aromatic carbocycles. The summed E-state index contributed by atoms with van der Waals surface area (Å²) in [6.45, 7) is 4.51. The fourth-order valence-corrected chi connectivity index (χ4v) is 2.59. The third-order valence-corrected chi connectivity index (χ3v) is 3.61. The molecule has 0 aliphatic heterocycles. The average Bonchev–Trinajstić information content (AvgIpc) is 2.99. The summed E-state index contributed by atoms with van der Waals surface area (Å²) in [5.41, 5.74) is 1.57. The molecule has 0 spiro atoms. The zero-order valence-electron chi connectivity index (χ0n) is 10.1. The van der Waals surface area contributed by atoms with E-state index in [0.29, 0.717) is 6.04 Å². The Morgan fingerprint density at radius 1 is 1.44 bits per heavy atom. The number of nitrogens with one attached hydrogen (secondary N) is 1. The van der Waals surface area contributed by atoms with E-state index >= 15 is 0 Å². The molecule has 1 atom stereocenters. The smallest absolute Gasteiger partial charge is 0.0438 e. The van der Waals surface area contributed by atoms with Gasteiger partial charge in [0, 0.05) is 16.6 Å². The third kappa shape index (κ3) is 2.58. The minimum absolute atomic E-state index is 0.222. The SMILES string of the molecule is CCCC(C)NC1(c2cccc(Cl)c2)CC1. The predicted octanol–water partition coefficient (Wildman–Crippen LogP) is 4.11. The first-order valence-corrected chi connectivity index (χ1v) is 6.58. The molecular weight excluding hydrogens is 218 g/mol. The molecule has 88 valence electrons. The molecule has 0 radical (unpaired) electrons. The van der Waals surface area contributed by atoms with Gasteiger partial charge in [0.2, 0.25) is 0 Å². The zero-order valence-corrected chi connectivity index (χ0v) is 10.8. The van der Waals surface area contributed by atoms with Crippen molar-refractivity contribution < 1.29 is 0 Å². The lowest BCUT2D eigenvalue weighted by Gasteiger charge is -2.23. The van der Waals surface area contributed by atoms with Crippen LogP contribution < -0.4 is 5.32 Å². The van der Waals surface area contributed by atoms with E-state index in [-0.39, 0.29) is 5.54 Å². The van der Waals surface area contributed by atoms with Crippen LogP contribution in [0.25, 0.3) is 0 Å². The first-order valence-electron chi connectivity index (χ1n) is 6.20. The van der Waals surface area contributed by atoms with E-state index in [1.165, 1.54) is 31.2 Å². The molecular formula is C14H20ClN. The second-order valence-electron chi connectivity index (χ2n) is 4.93. The first kappa shape index (κ1) is 11.9. The summed E-state index contributed by atoms with van der Waals surface area (Å²) in [7, 11) is 0. The maximum Gasteiger partial charge on any atom is 0.0438 e. The number of hydrogen-bond acceptors (Lipinski definition) is 1. The number of hydrogen-bond donors (Lipinski definition) is 1. The maximum atomic E-state index is 6.05. The highest BCUT2D eigenvalue weighted by atomic mass is 35.5. The second-order valence-corrected chi connectivity index (χ2v) is 5.36. The third-order valence-electron chi connectivity index (χ3n) is 3.37. The Kier molecular flexibility index (Phi) is 3.56. The molecule has 1 aliphatic rings. The Balaban J connectivity index is 2.08. The minimum atomic E-state index is 0.222. The van der Waals surface area contributed by atoms with Gasteiger partial charge in [-0.05, 0) is 43.9 Å². The van der Waals surface area contributed by atoms with Gasteiger partial charge in [-0.15, -0.1) is 0 Å². The van der Waals surface area contributed by atoms with Crippen molar-refractivity contribution in [2.45, 2.75) is 51.1 Å². The van der Waals surface area contributed by atoms with Crippen LogP contribution in [0.4, 0.5) is 0 Å². The predicted molar refractivity (Wildman–Crippen MR) is 69.9 cm³/mol. The summed E-state index contributed by atoms with van der Waals surface area (Å²) < 4.78 is 0. The highest BCUT2D eigenvalue weighted by Gasteiger charge is 2.44. The van der Waals surface area contributed by atoms with Gasteiger partial charge < -0.3 is 5.32 Å². The van der Waals surface area contributed by atoms with Crippen molar-refractivity contribution in [1.82, 2.24) is 5.32 Å². The molecule has 1 fully saturated rings. The van der Waals surface area contributed by atoms with E-state index in [2.05, 4.69) is 31.3 Å². The monoisotopic (exact) mass is 237 g/mol. The molecule has 1 aliphatic carbocycles. The van der Waals surface area contributed by atoms with Crippen LogP contribution in [0.5, 0.6) is 0 Å².